The summed E-state index contributed by atoms with van der Waals surface area (Å²) in [6, 6.07) is 0. The Morgan fingerprint density at radius 2 is 1.94 bits per heavy atom. The van der Waals surface area contributed by atoms with Crippen molar-refractivity contribution < 1.29 is 9.53 Å². The molecule has 2 heteroatoms. The lowest BCUT2D eigenvalue weighted by Crippen LogP contribution is -2.40. The van der Waals surface area contributed by atoms with Crippen LogP contribution < -0.4 is 0 Å². The second kappa shape index (κ2) is 5.33. The van der Waals surface area contributed by atoms with Gasteiger partial charge in [-0.3, -0.25) is 4.79 Å². The number of allylic oxidation sites excluding steroid dienone is 2. The average molecular weight is 230 g/mol. The highest BCUT2D eigenvalue weighted by molar-refractivity contribution is 6.00. The SMILES string of the molecule is C#CCOC1(C2CCCCC2)C=CC(=O)C=C1. The summed E-state index contributed by atoms with van der Waals surface area (Å²) in [4.78, 5) is 11.2. The third-order valence-corrected chi connectivity index (χ3v) is 3.66. The van der Waals surface area contributed by atoms with Crippen LogP contribution in [0.3, 0.4) is 0 Å². The predicted octanol–water partition coefficient (Wildman–Crippen LogP) is 2.65. The van der Waals surface area contributed by atoms with Crippen LogP contribution in [0.2, 0.25) is 0 Å². The van der Waals surface area contributed by atoms with E-state index in [0.29, 0.717) is 12.5 Å². The van der Waals surface area contributed by atoms with Crippen molar-refractivity contribution >= 4 is 5.78 Å². The first kappa shape index (κ1) is 12.1. The van der Waals surface area contributed by atoms with Crippen molar-refractivity contribution in [3.05, 3.63) is 24.3 Å². The molecule has 0 bridgehead atoms. The maximum atomic E-state index is 11.2. The number of carbonyl (C=O) groups excluding carboxylic acids is 1. The summed E-state index contributed by atoms with van der Waals surface area (Å²) in [7, 11) is 0. The first-order valence-electron chi connectivity index (χ1n) is 6.27. The van der Waals surface area contributed by atoms with E-state index in [-0.39, 0.29) is 5.78 Å². The molecular formula is C15H18O2. The lowest BCUT2D eigenvalue weighted by molar-refractivity contribution is -0.111. The molecule has 0 amide bonds. The van der Waals surface area contributed by atoms with Gasteiger partial charge in [0, 0.05) is 0 Å². The summed E-state index contributed by atoms with van der Waals surface area (Å²) in [6.07, 6.45) is 18.3. The van der Waals surface area contributed by atoms with Gasteiger partial charge in [-0.15, -0.1) is 6.42 Å². The van der Waals surface area contributed by atoms with Crippen molar-refractivity contribution in [3.63, 3.8) is 0 Å². The summed E-state index contributed by atoms with van der Waals surface area (Å²) < 4.78 is 5.85. The van der Waals surface area contributed by atoms with E-state index in [1.165, 1.54) is 19.3 Å². The van der Waals surface area contributed by atoms with E-state index < -0.39 is 5.60 Å². The molecule has 2 aliphatic rings. The number of rotatable bonds is 3. The minimum atomic E-state index is -0.444. The average Bonchev–Trinajstić information content (AvgIpc) is 2.40. The Bertz CT molecular complexity index is 362. The molecule has 2 aliphatic carbocycles. The Balaban J connectivity index is 2.17. The molecule has 1 fully saturated rings. The molecule has 0 saturated heterocycles. The van der Waals surface area contributed by atoms with Crippen molar-refractivity contribution in [3.8, 4) is 12.3 Å². The minimum absolute atomic E-state index is 0.0285. The first-order chi connectivity index (χ1) is 8.27. The molecule has 2 nitrogen and oxygen atoms in total. The van der Waals surface area contributed by atoms with Gasteiger partial charge in [0.05, 0.1) is 0 Å². The van der Waals surface area contributed by atoms with E-state index in [4.69, 9.17) is 11.2 Å². The Morgan fingerprint density at radius 3 is 2.53 bits per heavy atom. The second-order valence-corrected chi connectivity index (χ2v) is 4.75. The van der Waals surface area contributed by atoms with Crippen molar-refractivity contribution in [2.75, 3.05) is 6.61 Å². The topological polar surface area (TPSA) is 26.3 Å². The highest BCUT2D eigenvalue weighted by Crippen LogP contribution is 2.38. The third kappa shape index (κ3) is 2.68. The van der Waals surface area contributed by atoms with E-state index in [9.17, 15) is 4.79 Å². The van der Waals surface area contributed by atoms with E-state index in [1.807, 2.05) is 12.2 Å². The Morgan fingerprint density at radius 1 is 1.29 bits per heavy atom. The zero-order valence-corrected chi connectivity index (χ0v) is 10.0. The van der Waals surface area contributed by atoms with Crippen molar-refractivity contribution in [1.82, 2.24) is 0 Å². The van der Waals surface area contributed by atoms with Crippen LogP contribution in [0, 0.1) is 18.3 Å². The molecule has 0 unspecified atom stereocenters. The summed E-state index contributed by atoms with van der Waals surface area (Å²) in [5, 5.41) is 0. The molecule has 0 aliphatic heterocycles. The maximum absolute atomic E-state index is 11.2. The fraction of sp³-hybridized carbons (Fsp3) is 0.533. The van der Waals surface area contributed by atoms with Gasteiger partial charge in [-0.2, -0.15) is 0 Å². The lowest BCUT2D eigenvalue weighted by Gasteiger charge is -2.38. The third-order valence-electron chi connectivity index (χ3n) is 3.66. The predicted molar refractivity (Wildman–Crippen MR) is 67.4 cm³/mol. The number of hydrogen-bond acceptors (Lipinski definition) is 2. The zero-order valence-electron chi connectivity index (χ0n) is 10.0. The number of ether oxygens (including phenoxy) is 1. The van der Waals surface area contributed by atoms with Crippen LogP contribution in [0.25, 0.3) is 0 Å². The maximum Gasteiger partial charge on any atom is 0.178 e. The lowest BCUT2D eigenvalue weighted by atomic mass is 9.75. The molecule has 0 spiro atoms. The zero-order chi connectivity index (χ0) is 12.1. The fourth-order valence-electron chi connectivity index (χ4n) is 2.74. The largest absolute Gasteiger partial charge is 0.354 e. The number of terminal acetylenes is 1. The molecule has 0 atom stereocenters. The summed E-state index contributed by atoms with van der Waals surface area (Å²) in [6.45, 7) is 0.291. The van der Waals surface area contributed by atoms with E-state index in [1.54, 1.807) is 12.2 Å². The van der Waals surface area contributed by atoms with Gasteiger partial charge in [-0.1, -0.05) is 25.2 Å². The standard InChI is InChI=1S/C15H18O2/c1-2-12-17-15(10-8-14(16)9-11-15)13-6-4-3-5-7-13/h1,8-11,13H,3-7,12H2. The Labute approximate surface area is 103 Å². The highest BCUT2D eigenvalue weighted by Gasteiger charge is 2.37. The molecule has 17 heavy (non-hydrogen) atoms. The normalized spacial score (nSPS) is 23.6. The molecule has 1 saturated carbocycles. The molecular weight excluding hydrogens is 212 g/mol. The molecule has 0 aromatic heterocycles. The smallest absolute Gasteiger partial charge is 0.178 e. The quantitative estimate of drug-likeness (QED) is 0.697. The van der Waals surface area contributed by atoms with Crippen molar-refractivity contribution in [1.29, 1.82) is 0 Å². The first-order valence-corrected chi connectivity index (χ1v) is 6.27. The number of hydrogen-bond donors (Lipinski definition) is 0. The van der Waals surface area contributed by atoms with E-state index in [0.717, 1.165) is 12.8 Å². The van der Waals surface area contributed by atoms with Gasteiger partial charge in [0.25, 0.3) is 0 Å². The van der Waals surface area contributed by atoms with Crippen LogP contribution in [-0.2, 0) is 9.53 Å². The molecule has 0 radical (unpaired) electrons. The van der Waals surface area contributed by atoms with Crippen LogP contribution in [-0.4, -0.2) is 18.0 Å². The van der Waals surface area contributed by atoms with Gasteiger partial charge in [0.2, 0.25) is 0 Å². The van der Waals surface area contributed by atoms with Gasteiger partial charge in [-0.05, 0) is 43.1 Å². The van der Waals surface area contributed by atoms with Crippen LogP contribution >= 0.6 is 0 Å². The van der Waals surface area contributed by atoms with Gasteiger partial charge in [0.1, 0.15) is 12.2 Å². The number of ketones is 1. The molecule has 0 heterocycles. The van der Waals surface area contributed by atoms with Gasteiger partial charge < -0.3 is 4.74 Å². The molecule has 0 aromatic carbocycles. The van der Waals surface area contributed by atoms with Crippen LogP contribution in [0.15, 0.2) is 24.3 Å². The Hall–Kier alpha value is -1.33. The van der Waals surface area contributed by atoms with Crippen molar-refractivity contribution in [2.45, 2.75) is 37.7 Å². The monoisotopic (exact) mass is 230 g/mol. The Kier molecular flexibility index (Phi) is 3.81. The molecule has 0 aromatic rings. The van der Waals surface area contributed by atoms with Crippen molar-refractivity contribution in [2.24, 2.45) is 5.92 Å². The summed E-state index contributed by atoms with van der Waals surface area (Å²) >= 11 is 0. The van der Waals surface area contributed by atoms with Gasteiger partial charge in [-0.25, -0.2) is 0 Å². The van der Waals surface area contributed by atoms with E-state index in [2.05, 4.69) is 5.92 Å². The molecule has 2 rings (SSSR count). The van der Waals surface area contributed by atoms with Crippen LogP contribution in [0.4, 0.5) is 0 Å². The fourth-order valence-corrected chi connectivity index (χ4v) is 2.74. The molecule has 0 N–H and O–H groups in total. The number of carbonyl (C=O) groups is 1. The van der Waals surface area contributed by atoms with Gasteiger partial charge in [0.15, 0.2) is 5.78 Å². The molecule has 90 valence electrons. The second-order valence-electron chi connectivity index (χ2n) is 4.75. The van der Waals surface area contributed by atoms with E-state index >= 15 is 0 Å². The summed E-state index contributed by atoms with van der Waals surface area (Å²) in [5.74, 6) is 2.99. The van der Waals surface area contributed by atoms with Crippen LogP contribution in [0.1, 0.15) is 32.1 Å². The summed E-state index contributed by atoms with van der Waals surface area (Å²) in [5.41, 5.74) is -0.444. The highest BCUT2D eigenvalue weighted by atomic mass is 16.5. The van der Waals surface area contributed by atoms with Gasteiger partial charge >= 0.3 is 0 Å². The minimum Gasteiger partial charge on any atom is -0.354 e. The van der Waals surface area contributed by atoms with Crippen LogP contribution in [0.5, 0.6) is 0 Å².